The highest BCUT2D eigenvalue weighted by Crippen LogP contribution is 2.33. The average molecular weight is 466 g/mol. The molecule has 3 amide bonds. The number of amides is 3. The molecule has 0 bridgehead atoms. The fraction of sp³-hybridized carbons (Fsp3) is 0.320. The Morgan fingerprint density at radius 2 is 1.70 bits per heavy atom. The van der Waals surface area contributed by atoms with Crippen LogP contribution in [-0.2, 0) is 16.1 Å². The summed E-state index contributed by atoms with van der Waals surface area (Å²) in [7, 11) is 1.69. The maximum atomic E-state index is 12.8. The Morgan fingerprint density at radius 3 is 2.36 bits per heavy atom. The van der Waals surface area contributed by atoms with Gasteiger partial charge in [-0.05, 0) is 41.1 Å². The predicted molar refractivity (Wildman–Crippen MR) is 129 cm³/mol. The van der Waals surface area contributed by atoms with Crippen LogP contribution in [0, 0.1) is 0 Å². The van der Waals surface area contributed by atoms with Crippen molar-refractivity contribution in [1.29, 1.82) is 0 Å². The molecule has 0 aromatic heterocycles. The Labute approximate surface area is 198 Å². The van der Waals surface area contributed by atoms with E-state index in [4.69, 9.17) is 4.74 Å². The van der Waals surface area contributed by atoms with Crippen molar-refractivity contribution < 1.29 is 19.1 Å². The van der Waals surface area contributed by atoms with Crippen molar-refractivity contribution in [2.45, 2.75) is 6.54 Å². The summed E-state index contributed by atoms with van der Waals surface area (Å²) >= 11 is 0.945. The SMILES string of the molecule is COCCN1CCN(C(=O)c2ccc(C=C3SC(=O)N(Cc4ccccc4)C3=O)cc2)CC1. The Hall–Kier alpha value is -2.94. The first kappa shape index (κ1) is 23.2. The van der Waals surface area contributed by atoms with Gasteiger partial charge in [0.25, 0.3) is 17.1 Å². The van der Waals surface area contributed by atoms with Gasteiger partial charge in [-0.3, -0.25) is 24.2 Å². The minimum Gasteiger partial charge on any atom is -0.383 e. The largest absolute Gasteiger partial charge is 0.383 e. The zero-order chi connectivity index (χ0) is 23.2. The van der Waals surface area contributed by atoms with E-state index in [1.54, 1.807) is 25.3 Å². The van der Waals surface area contributed by atoms with Gasteiger partial charge in [0.2, 0.25) is 0 Å². The molecule has 2 aromatic carbocycles. The van der Waals surface area contributed by atoms with Crippen LogP contribution in [0.4, 0.5) is 4.79 Å². The fourth-order valence-corrected chi connectivity index (χ4v) is 4.69. The van der Waals surface area contributed by atoms with Gasteiger partial charge in [0.15, 0.2) is 0 Å². The van der Waals surface area contributed by atoms with E-state index in [-0.39, 0.29) is 23.6 Å². The van der Waals surface area contributed by atoms with Crippen LogP contribution in [0.5, 0.6) is 0 Å². The van der Waals surface area contributed by atoms with E-state index in [2.05, 4.69) is 4.90 Å². The highest BCUT2D eigenvalue weighted by atomic mass is 32.2. The molecule has 0 saturated carbocycles. The van der Waals surface area contributed by atoms with Gasteiger partial charge in [-0.2, -0.15) is 0 Å². The number of imide groups is 1. The molecular formula is C25H27N3O4S. The number of methoxy groups -OCH3 is 1. The van der Waals surface area contributed by atoms with E-state index in [1.165, 1.54) is 4.90 Å². The summed E-state index contributed by atoms with van der Waals surface area (Å²) in [6.45, 7) is 4.90. The molecule has 0 radical (unpaired) electrons. The predicted octanol–water partition coefficient (Wildman–Crippen LogP) is 3.33. The smallest absolute Gasteiger partial charge is 0.293 e. The molecule has 0 unspecified atom stereocenters. The average Bonchev–Trinajstić information content (AvgIpc) is 3.11. The number of carbonyl (C=O) groups excluding carboxylic acids is 3. The first-order chi connectivity index (χ1) is 16.0. The summed E-state index contributed by atoms with van der Waals surface area (Å²) in [5.74, 6) is -0.281. The van der Waals surface area contributed by atoms with Crippen LogP contribution >= 0.6 is 11.8 Å². The molecule has 2 heterocycles. The lowest BCUT2D eigenvalue weighted by molar-refractivity contribution is -0.123. The molecule has 4 rings (SSSR count). The van der Waals surface area contributed by atoms with Crippen LogP contribution in [0.2, 0.25) is 0 Å². The Morgan fingerprint density at radius 1 is 1.00 bits per heavy atom. The fourth-order valence-electron chi connectivity index (χ4n) is 3.85. The van der Waals surface area contributed by atoms with Crippen molar-refractivity contribution in [1.82, 2.24) is 14.7 Å². The molecule has 2 fully saturated rings. The Bertz CT molecular complexity index is 1030. The normalized spacial score (nSPS) is 18.4. The second kappa shape index (κ2) is 10.8. The molecule has 0 atom stereocenters. The lowest BCUT2D eigenvalue weighted by Crippen LogP contribution is -2.49. The second-order valence-corrected chi connectivity index (χ2v) is 9.00. The van der Waals surface area contributed by atoms with Crippen LogP contribution < -0.4 is 0 Å². The van der Waals surface area contributed by atoms with E-state index in [1.807, 2.05) is 47.4 Å². The number of hydrogen-bond donors (Lipinski definition) is 0. The van der Waals surface area contributed by atoms with E-state index in [0.29, 0.717) is 30.2 Å². The third-order valence-corrected chi connectivity index (χ3v) is 6.69. The van der Waals surface area contributed by atoms with E-state index in [9.17, 15) is 14.4 Å². The highest BCUT2D eigenvalue weighted by molar-refractivity contribution is 8.18. The minimum atomic E-state index is -0.291. The molecule has 2 aromatic rings. The number of piperazine rings is 1. The number of nitrogens with zero attached hydrogens (tertiary/aromatic N) is 3. The van der Waals surface area contributed by atoms with E-state index in [0.717, 1.165) is 42.5 Å². The summed E-state index contributed by atoms with van der Waals surface area (Å²) < 4.78 is 5.12. The number of thioether (sulfide) groups is 1. The molecule has 0 N–H and O–H groups in total. The number of ether oxygens (including phenoxy) is 1. The standard InChI is InChI=1S/C25H27N3O4S/c1-32-16-15-26-11-13-27(14-12-26)23(29)21-9-7-19(8-10-21)17-22-24(30)28(25(31)33-22)18-20-5-3-2-4-6-20/h2-10,17H,11-16,18H2,1H3. The lowest BCUT2D eigenvalue weighted by Gasteiger charge is -2.34. The molecule has 0 spiro atoms. The zero-order valence-electron chi connectivity index (χ0n) is 18.6. The Balaban J connectivity index is 1.37. The topological polar surface area (TPSA) is 70.2 Å². The zero-order valence-corrected chi connectivity index (χ0v) is 19.4. The van der Waals surface area contributed by atoms with Crippen molar-refractivity contribution in [2.75, 3.05) is 46.4 Å². The van der Waals surface area contributed by atoms with Gasteiger partial charge in [-0.15, -0.1) is 0 Å². The third-order valence-electron chi connectivity index (χ3n) is 5.78. The van der Waals surface area contributed by atoms with Crippen LogP contribution in [-0.4, -0.2) is 78.2 Å². The maximum Gasteiger partial charge on any atom is 0.293 e. The summed E-state index contributed by atoms with van der Waals surface area (Å²) in [5, 5.41) is -0.272. The van der Waals surface area contributed by atoms with Gasteiger partial charge in [-0.1, -0.05) is 42.5 Å². The van der Waals surface area contributed by atoms with Crippen LogP contribution in [0.25, 0.3) is 6.08 Å². The summed E-state index contributed by atoms with van der Waals surface area (Å²) in [6, 6.07) is 16.6. The molecule has 33 heavy (non-hydrogen) atoms. The molecule has 2 aliphatic heterocycles. The molecule has 172 valence electrons. The van der Waals surface area contributed by atoms with Gasteiger partial charge in [-0.25, -0.2) is 0 Å². The third kappa shape index (κ3) is 5.71. The first-order valence-corrected chi connectivity index (χ1v) is 11.8. The summed E-state index contributed by atoms with van der Waals surface area (Å²) in [5.41, 5.74) is 2.30. The van der Waals surface area contributed by atoms with Crippen LogP contribution in [0.3, 0.4) is 0 Å². The molecule has 8 heteroatoms. The molecule has 7 nitrogen and oxygen atoms in total. The van der Waals surface area contributed by atoms with Crippen LogP contribution in [0.1, 0.15) is 21.5 Å². The number of rotatable bonds is 7. The van der Waals surface area contributed by atoms with Crippen molar-refractivity contribution in [3.05, 3.63) is 76.2 Å². The van der Waals surface area contributed by atoms with Crippen molar-refractivity contribution in [3.63, 3.8) is 0 Å². The van der Waals surface area contributed by atoms with Crippen molar-refractivity contribution in [3.8, 4) is 0 Å². The number of benzene rings is 2. The summed E-state index contributed by atoms with van der Waals surface area (Å²) in [4.78, 5) is 43.8. The second-order valence-electron chi connectivity index (χ2n) is 8.00. The van der Waals surface area contributed by atoms with E-state index < -0.39 is 0 Å². The molecule has 0 aliphatic carbocycles. The highest BCUT2D eigenvalue weighted by Gasteiger charge is 2.35. The van der Waals surface area contributed by atoms with Gasteiger partial charge in [0, 0.05) is 45.4 Å². The Kier molecular flexibility index (Phi) is 7.59. The van der Waals surface area contributed by atoms with Gasteiger partial charge < -0.3 is 9.64 Å². The van der Waals surface area contributed by atoms with Crippen molar-refractivity contribution in [2.24, 2.45) is 0 Å². The molecule has 2 saturated heterocycles. The van der Waals surface area contributed by atoms with Crippen LogP contribution in [0.15, 0.2) is 59.5 Å². The van der Waals surface area contributed by atoms with Gasteiger partial charge >= 0.3 is 0 Å². The van der Waals surface area contributed by atoms with Gasteiger partial charge in [0.1, 0.15) is 0 Å². The maximum absolute atomic E-state index is 12.8. The molecule has 2 aliphatic rings. The minimum absolute atomic E-state index is 0.0103. The molecular weight excluding hydrogens is 438 g/mol. The number of carbonyl (C=O) groups is 3. The first-order valence-electron chi connectivity index (χ1n) is 10.9. The number of hydrogen-bond acceptors (Lipinski definition) is 6. The van der Waals surface area contributed by atoms with Gasteiger partial charge in [0.05, 0.1) is 18.1 Å². The van der Waals surface area contributed by atoms with E-state index >= 15 is 0 Å². The monoisotopic (exact) mass is 465 g/mol. The quantitative estimate of drug-likeness (QED) is 0.585. The van der Waals surface area contributed by atoms with Crippen molar-refractivity contribution >= 4 is 34.9 Å². The lowest BCUT2D eigenvalue weighted by atomic mass is 10.1. The summed E-state index contributed by atoms with van der Waals surface area (Å²) in [6.07, 6.45) is 1.71.